The third-order valence-corrected chi connectivity index (χ3v) is 4.55. The average Bonchev–Trinajstić information content (AvgIpc) is 2.37. The Morgan fingerprint density at radius 1 is 1.33 bits per heavy atom. The number of amides is 2. The van der Waals surface area contributed by atoms with Crippen LogP contribution in [0, 0.1) is 10.1 Å². The van der Waals surface area contributed by atoms with E-state index in [0.717, 1.165) is 11.8 Å². The lowest BCUT2D eigenvalue weighted by Gasteiger charge is -2.26. The predicted octanol–water partition coefficient (Wildman–Crippen LogP) is 3.65. The number of halogens is 3. The van der Waals surface area contributed by atoms with Crippen molar-refractivity contribution >= 4 is 58.3 Å². The number of nitrogens with zero attached hydrogens (tertiary/aromatic N) is 2. The number of nitro benzene ring substituents is 1. The van der Waals surface area contributed by atoms with E-state index in [-0.39, 0.29) is 5.69 Å². The van der Waals surface area contributed by atoms with Crippen molar-refractivity contribution in [2.75, 3.05) is 14.1 Å². The number of alkyl halides is 3. The maximum atomic E-state index is 11.7. The summed E-state index contributed by atoms with van der Waals surface area (Å²) in [5.74, 6) is 0. The van der Waals surface area contributed by atoms with Crippen LogP contribution in [-0.2, 0) is 0 Å². The number of nitro groups is 1. The van der Waals surface area contributed by atoms with Crippen LogP contribution in [0.3, 0.4) is 0 Å². The summed E-state index contributed by atoms with van der Waals surface area (Å²) >= 11 is 18.6. The molecule has 0 unspecified atom stereocenters. The van der Waals surface area contributed by atoms with E-state index in [2.05, 4.69) is 5.32 Å². The van der Waals surface area contributed by atoms with Crippen LogP contribution < -0.4 is 5.32 Å². The monoisotopic (exact) mass is 371 g/mol. The molecule has 0 fully saturated rings. The summed E-state index contributed by atoms with van der Waals surface area (Å²) in [6, 6.07) is 5.31. The number of thioether (sulfide) groups is 1. The van der Waals surface area contributed by atoms with Crippen LogP contribution in [0.2, 0.25) is 0 Å². The Morgan fingerprint density at radius 2 is 1.86 bits per heavy atom. The summed E-state index contributed by atoms with van der Waals surface area (Å²) in [6.45, 7) is 0. The molecule has 116 valence electrons. The summed E-state index contributed by atoms with van der Waals surface area (Å²) in [7, 11) is 3.11. The Balaban J connectivity index is 2.86. The van der Waals surface area contributed by atoms with Crippen molar-refractivity contribution < 1.29 is 9.72 Å². The SMILES string of the molecule is CN(C)C(=O)N[C@@H](Sc1ccc([N+](=O)[O-])cc1)C(Cl)(Cl)Cl. The molecular formula is C11H12Cl3N3O3S. The lowest BCUT2D eigenvalue weighted by atomic mass is 10.3. The summed E-state index contributed by atoms with van der Waals surface area (Å²) in [6.07, 6.45) is 0. The Hall–Kier alpha value is -0.890. The maximum Gasteiger partial charge on any atom is 0.317 e. The Labute approximate surface area is 140 Å². The number of benzene rings is 1. The largest absolute Gasteiger partial charge is 0.331 e. The number of hydrogen-bond acceptors (Lipinski definition) is 4. The second kappa shape index (κ2) is 7.40. The van der Waals surface area contributed by atoms with Gasteiger partial charge in [0.2, 0.25) is 3.79 Å². The van der Waals surface area contributed by atoms with Gasteiger partial charge in [-0.3, -0.25) is 10.1 Å². The molecule has 0 aromatic heterocycles. The van der Waals surface area contributed by atoms with E-state index in [1.165, 1.54) is 29.2 Å². The molecule has 0 saturated heterocycles. The molecule has 1 N–H and O–H groups in total. The molecule has 0 aliphatic carbocycles. The van der Waals surface area contributed by atoms with Gasteiger partial charge < -0.3 is 10.2 Å². The first-order valence-corrected chi connectivity index (χ1v) is 7.58. The third kappa shape index (κ3) is 5.78. The van der Waals surface area contributed by atoms with Crippen molar-refractivity contribution in [2.24, 2.45) is 0 Å². The highest BCUT2D eigenvalue weighted by molar-refractivity contribution is 8.00. The van der Waals surface area contributed by atoms with Crippen LogP contribution in [0.25, 0.3) is 0 Å². The number of hydrogen-bond donors (Lipinski definition) is 1. The quantitative estimate of drug-likeness (QED) is 0.288. The molecule has 0 radical (unpaired) electrons. The van der Waals surface area contributed by atoms with E-state index in [0.29, 0.717) is 4.90 Å². The zero-order chi connectivity index (χ0) is 16.2. The van der Waals surface area contributed by atoms with Gasteiger partial charge in [-0.2, -0.15) is 0 Å². The van der Waals surface area contributed by atoms with Gasteiger partial charge in [0.25, 0.3) is 5.69 Å². The second-order valence-corrected chi connectivity index (χ2v) is 7.68. The topological polar surface area (TPSA) is 75.5 Å². The summed E-state index contributed by atoms with van der Waals surface area (Å²) in [5.41, 5.74) is -0.0397. The first-order valence-electron chi connectivity index (χ1n) is 5.57. The molecule has 0 spiro atoms. The number of nitrogens with one attached hydrogen (secondary N) is 1. The molecule has 0 aliphatic heterocycles. The molecule has 10 heteroatoms. The fourth-order valence-corrected chi connectivity index (χ4v) is 2.63. The molecule has 1 atom stereocenters. The summed E-state index contributed by atoms with van der Waals surface area (Å²) in [5, 5.41) is 12.3. The van der Waals surface area contributed by atoms with Gasteiger partial charge in [0.1, 0.15) is 5.37 Å². The van der Waals surface area contributed by atoms with E-state index in [1.54, 1.807) is 14.1 Å². The normalized spacial score (nSPS) is 12.6. The van der Waals surface area contributed by atoms with Crippen molar-refractivity contribution in [1.82, 2.24) is 10.2 Å². The average molecular weight is 373 g/mol. The summed E-state index contributed by atoms with van der Waals surface area (Å²) in [4.78, 5) is 23.7. The van der Waals surface area contributed by atoms with Gasteiger partial charge in [0.15, 0.2) is 0 Å². The molecule has 0 aliphatic rings. The van der Waals surface area contributed by atoms with Crippen LogP contribution in [0.1, 0.15) is 0 Å². The number of carbonyl (C=O) groups excluding carboxylic acids is 1. The van der Waals surface area contributed by atoms with Gasteiger partial charge in [-0.25, -0.2) is 4.79 Å². The van der Waals surface area contributed by atoms with E-state index >= 15 is 0 Å². The van der Waals surface area contributed by atoms with Gasteiger partial charge in [-0.15, -0.1) is 0 Å². The van der Waals surface area contributed by atoms with Gasteiger partial charge in [0.05, 0.1) is 4.92 Å². The molecule has 1 aromatic carbocycles. The highest BCUT2D eigenvalue weighted by Gasteiger charge is 2.35. The zero-order valence-electron chi connectivity index (χ0n) is 11.0. The smallest absolute Gasteiger partial charge is 0.317 e. The number of urea groups is 1. The van der Waals surface area contributed by atoms with Crippen LogP contribution >= 0.6 is 46.6 Å². The van der Waals surface area contributed by atoms with Crippen molar-refractivity contribution in [3.05, 3.63) is 34.4 Å². The molecular weight excluding hydrogens is 361 g/mol. The lowest BCUT2D eigenvalue weighted by molar-refractivity contribution is -0.384. The van der Waals surface area contributed by atoms with Gasteiger partial charge >= 0.3 is 6.03 Å². The van der Waals surface area contributed by atoms with Crippen LogP contribution in [0.15, 0.2) is 29.2 Å². The minimum absolute atomic E-state index is 0.0397. The first-order chi connectivity index (χ1) is 9.61. The predicted molar refractivity (Wildman–Crippen MR) is 85.3 cm³/mol. The van der Waals surface area contributed by atoms with Gasteiger partial charge in [0, 0.05) is 31.1 Å². The standard InChI is InChI=1S/C11H12Cl3N3O3S/c1-16(2)10(18)15-9(11(12,13)14)21-8-5-3-7(4-6-8)17(19)20/h3-6,9H,1-2H3,(H,15,18)/t9-/m0/s1. The van der Waals surface area contributed by atoms with E-state index in [9.17, 15) is 14.9 Å². The Morgan fingerprint density at radius 3 is 2.24 bits per heavy atom. The fraction of sp³-hybridized carbons (Fsp3) is 0.364. The highest BCUT2D eigenvalue weighted by atomic mass is 35.6. The number of non-ortho nitro benzene ring substituents is 1. The van der Waals surface area contributed by atoms with E-state index in [4.69, 9.17) is 34.8 Å². The van der Waals surface area contributed by atoms with Crippen molar-refractivity contribution in [1.29, 1.82) is 0 Å². The molecule has 2 amide bonds. The Bertz CT molecular complexity index is 520. The second-order valence-electron chi connectivity index (χ2n) is 4.13. The summed E-state index contributed by atoms with van der Waals surface area (Å²) < 4.78 is -1.74. The van der Waals surface area contributed by atoms with Crippen LogP contribution in [-0.4, -0.2) is 39.1 Å². The molecule has 1 aromatic rings. The van der Waals surface area contributed by atoms with Crippen molar-refractivity contribution in [3.63, 3.8) is 0 Å². The van der Waals surface area contributed by atoms with Crippen molar-refractivity contribution in [2.45, 2.75) is 14.1 Å². The molecule has 0 heterocycles. The molecule has 21 heavy (non-hydrogen) atoms. The van der Waals surface area contributed by atoms with Crippen LogP contribution in [0.5, 0.6) is 0 Å². The number of carbonyl (C=O) groups is 1. The Kier molecular flexibility index (Phi) is 6.40. The van der Waals surface area contributed by atoms with Crippen LogP contribution in [0.4, 0.5) is 10.5 Å². The minimum atomic E-state index is -1.74. The number of rotatable bonds is 4. The minimum Gasteiger partial charge on any atom is -0.331 e. The van der Waals surface area contributed by atoms with E-state index in [1.807, 2.05) is 0 Å². The van der Waals surface area contributed by atoms with E-state index < -0.39 is 20.1 Å². The molecule has 1 rings (SSSR count). The molecule has 0 saturated carbocycles. The fourth-order valence-electron chi connectivity index (χ4n) is 1.20. The lowest BCUT2D eigenvalue weighted by Crippen LogP contribution is -2.45. The molecule has 0 bridgehead atoms. The van der Waals surface area contributed by atoms with Gasteiger partial charge in [-0.05, 0) is 12.1 Å². The maximum absolute atomic E-state index is 11.7. The zero-order valence-corrected chi connectivity index (χ0v) is 14.1. The highest BCUT2D eigenvalue weighted by Crippen LogP contribution is 2.39. The third-order valence-electron chi connectivity index (χ3n) is 2.26. The molecule has 6 nitrogen and oxygen atoms in total. The first kappa shape index (κ1) is 18.2. The van der Waals surface area contributed by atoms with Crippen molar-refractivity contribution in [3.8, 4) is 0 Å². The van der Waals surface area contributed by atoms with Gasteiger partial charge in [-0.1, -0.05) is 46.6 Å².